The van der Waals surface area contributed by atoms with Gasteiger partial charge in [-0.2, -0.15) is 0 Å². The number of rotatable bonds is 1. The highest BCUT2D eigenvalue weighted by atomic mass is 35.5. The summed E-state index contributed by atoms with van der Waals surface area (Å²) in [5, 5.41) is 3.35. The molecule has 2 heterocycles. The van der Waals surface area contributed by atoms with E-state index in [0.717, 1.165) is 15.8 Å². The average Bonchev–Trinajstić information content (AvgIpc) is 2.80. The zero-order chi connectivity index (χ0) is 11.8. The van der Waals surface area contributed by atoms with Crippen LogP contribution in [0.4, 0.5) is 0 Å². The summed E-state index contributed by atoms with van der Waals surface area (Å²) in [4.78, 5) is 12.2. The molecule has 0 saturated heterocycles. The smallest absolute Gasteiger partial charge is 0.263 e. The van der Waals surface area contributed by atoms with Crippen molar-refractivity contribution in [2.24, 2.45) is 0 Å². The Labute approximate surface area is 107 Å². The fraction of sp³-hybridized carbons (Fsp3) is 0. The third-order valence-corrected chi connectivity index (χ3v) is 3.76. The van der Waals surface area contributed by atoms with Crippen LogP contribution in [-0.2, 0) is 0 Å². The van der Waals surface area contributed by atoms with Gasteiger partial charge < -0.3 is 0 Å². The van der Waals surface area contributed by atoms with E-state index in [9.17, 15) is 4.79 Å². The lowest BCUT2D eigenvalue weighted by Crippen LogP contribution is -2.16. The van der Waals surface area contributed by atoms with E-state index in [1.807, 2.05) is 29.6 Å². The number of halogens is 1. The van der Waals surface area contributed by atoms with Crippen molar-refractivity contribution in [2.75, 3.05) is 0 Å². The van der Waals surface area contributed by atoms with Gasteiger partial charge in [0.15, 0.2) is 0 Å². The molecule has 17 heavy (non-hydrogen) atoms. The lowest BCUT2D eigenvalue weighted by Gasteiger charge is -2.05. The molecule has 0 amide bonds. The molecule has 0 spiro atoms. The van der Waals surface area contributed by atoms with E-state index in [1.165, 1.54) is 0 Å². The molecule has 0 unspecified atom stereocenters. The minimum absolute atomic E-state index is 0.00562. The van der Waals surface area contributed by atoms with Crippen LogP contribution < -0.4 is 5.56 Å². The molecule has 2 aromatic heterocycles. The monoisotopic (exact) mass is 261 g/mol. The van der Waals surface area contributed by atoms with Crippen LogP contribution in [0.3, 0.4) is 0 Å². The Morgan fingerprint density at radius 1 is 1.06 bits per heavy atom. The molecule has 0 fully saturated rings. The predicted octanol–water partition coefficient (Wildman–Crippen LogP) is 3.71. The molecule has 0 aliphatic rings. The molecule has 84 valence electrons. The highest BCUT2D eigenvalue weighted by Gasteiger charge is 2.04. The number of benzene rings is 1. The third-order valence-electron chi connectivity index (χ3n) is 2.62. The summed E-state index contributed by atoms with van der Waals surface area (Å²) in [6, 6.07) is 11.0. The second-order valence-electron chi connectivity index (χ2n) is 3.67. The Hall–Kier alpha value is -1.58. The minimum atomic E-state index is 0.00562. The normalized spacial score (nSPS) is 10.9. The van der Waals surface area contributed by atoms with Crippen molar-refractivity contribution in [1.82, 2.24) is 4.57 Å². The van der Waals surface area contributed by atoms with E-state index in [1.54, 1.807) is 34.2 Å². The average molecular weight is 262 g/mol. The third kappa shape index (κ3) is 1.77. The van der Waals surface area contributed by atoms with Crippen LogP contribution >= 0.6 is 22.9 Å². The Kier molecular flexibility index (Phi) is 2.50. The number of thiophene rings is 1. The van der Waals surface area contributed by atoms with Crippen molar-refractivity contribution < 1.29 is 0 Å². The first kappa shape index (κ1) is 10.6. The van der Waals surface area contributed by atoms with Crippen LogP contribution in [0.1, 0.15) is 0 Å². The fourth-order valence-corrected chi connectivity index (χ4v) is 2.67. The van der Waals surface area contributed by atoms with Gasteiger partial charge in [-0.25, -0.2) is 0 Å². The van der Waals surface area contributed by atoms with Gasteiger partial charge in [0.25, 0.3) is 5.56 Å². The highest BCUT2D eigenvalue weighted by Crippen LogP contribution is 2.18. The first-order valence-electron chi connectivity index (χ1n) is 5.10. The lowest BCUT2D eigenvalue weighted by atomic mass is 10.3. The number of fused-ring (bicyclic) bond motifs is 1. The fourth-order valence-electron chi connectivity index (χ4n) is 1.77. The van der Waals surface area contributed by atoms with Crippen molar-refractivity contribution in [2.45, 2.75) is 0 Å². The van der Waals surface area contributed by atoms with Gasteiger partial charge in [0, 0.05) is 21.6 Å². The van der Waals surface area contributed by atoms with Gasteiger partial charge in [0.05, 0.1) is 5.39 Å². The summed E-state index contributed by atoms with van der Waals surface area (Å²) in [7, 11) is 0. The van der Waals surface area contributed by atoms with E-state index in [0.29, 0.717) is 5.02 Å². The first-order valence-corrected chi connectivity index (χ1v) is 6.36. The SMILES string of the molecule is O=c1c2ccsc2ccn1-c1ccc(Cl)cc1. The summed E-state index contributed by atoms with van der Waals surface area (Å²) in [5.74, 6) is 0. The van der Waals surface area contributed by atoms with Gasteiger partial charge in [0.2, 0.25) is 0 Å². The maximum atomic E-state index is 12.2. The maximum Gasteiger partial charge on any atom is 0.263 e. The molecule has 0 aliphatic carbocycles. The van der Waals surface area contributed by atoms with Gasteiger partial charge in [-0.15, -0.1) is 11.3 Å². The molecule has 1 aromatic carbocycles. The maximum absolute atomic E-state index is 12.2. The molecule has 4 heteroatoms. The molecule has 0 aliphatic heterocycles. The summed E-state index contributed by atoms with van der Waals surface area (Å²) in [6.45, 7) is 0. The largest absolute Gasteiger partial charge is 0.284 e. The Balaban J connectivity index is 2.27. The van der Waals surface area contributed by atoms with E-state index in [4.69, 9.17) is 11.6 Å². The van der Waals surface area contributed by atoms with Crippen LogP contribution in [0.2, 0.25) is 5.02 Å². The summed E-state index contributed by atoms with van der Waals surface area (Å²) >= 11 is 7.40. The summed E-state index contributed by atoms with van der Waals surface area (Å²) < 4.78 is 2.64. The molecule has 0 saturated carbocycles. The van der Waals surface area contributed by atoms with Crippen molar-refractivity contribution >= 4 is 33.0 Å². The molecular formula is C13H8ClNOS. The van der Waals surface area contributed by atoms with Crippen LogP contribution in [0.5, 0.6) is 0 Å². The molecule has 3 aromatic rings. The molecule has 3 rings (SSSR count). The van der Waals surface area contributed by atoms with Gasteiger partial charge in [-0.05, 0) is 41.8 Å². The number of hydrogen-bond acceptors (Lipinski definition) is 2. The Morgan fingerprint density at radius 2 is 1.82 bits per heavy atom. The van der Waals surface area contributed by atoms with Crippen LogP contribution in [0.15, 0.2) is 52.8 Å². The number of hydrogen-bond donors (Lipinski definition) is 0. The van der Waals surface area contributed by atoms with Gasteiger partial charge in [-0.3, -0.25) is 9.36 Å². The number of aromatic nitrogens is 1. The second kappa shape index (κ2) is 4.02. The highest BCUT2D eigenvalue weighted by molar-refractivity contribution is 7.17. The topological polar surface area (TPSA) is 22.0 Å². The zero-order valence-corrected chi connectivity index (χ0v) is 10.3. The lowest BCUT2D eigenvalue weighted by molar-refractivity contribution is 1.01. The van der Waals surface area contributed by atoms with Crippen molar-refractivity contribution in [3.05, 3.63) is 63.4 Å². The zero-order valence-electron chi connectivity index (χ0n) is 8.76. The van der Waals surface area contributed by atoms with E-state index >= 15 is 0 Å². The standard InChI is InChI=1S/C13H8ClNOS/c14-9-1-3-10(4-2-9)15-7-5-12-11(13(15)16)6-8-17-12/h1-8H. The molecular weight excluding hydrogens is 254 g/mol. The van der Waals surface area contributed by atoms with E-state index < -0.39 is 0 Å². The van der Waals surface area contributed by atoms with Crippen molar-refractivity contribution in [1.29, 1.82) is 0 Å². The van der Waals surface area contributed by atoms with E-state index in [2.05, 4.69) is 0 Å². The molecule has 0 N–H and O–H groups in total. The summed E-state index contributed by atoms with van der Waals surface area (Å²) in [5.41, 5.74) is 0.832. The van der Waals surface area contributed by atoms with E-state index in [-0.39, 0.29) is 5.56 Å². The molecule has 0 radical (unpaired) electrons. The molecule has 2 nitrogen and oxygen atoms in total. The Morgan fingerprint density at radius 3 is 2.59 bits per heavy atom. The predicted molar refractivity (Wildman–Crippen MR) is 72.4 cm³/mol. The van der Waals surface area contributed by atoms with Crippen molar-refractivity contribution in [3.63, 3.8) is 0 Å². The van der Waals surface area contributed by atoms with Crippen LogP contribution in [-0.4, -0.2) is 4.57 Å². The Bertz CT molecular complexity index is 727. The van der Waals surface area contributed by atoms with Gasteiger partial charge in [-0.1, -0.05) is 11.6 Å². The van der Waals surface area contributed by atoms with Gasteiger partial charge >= 0.3 is 0 Å². The number of nitrogens with zero attached hydrogens (tertiary/aromatic N) is 1. The second-order valence-corrected chi connectivity index (χ2v) is 5.05. The van der Waals surface area contributed by atoms with Crippen molar-refractivity contribution in [3.8, 4) is 5.69 Å². The quantitative estimate of drug-likeness (QED) is 0.655. The molecule has 0 atom stereocenters. The first-order chi connectivity index (χ1) is 8.25. The van der Waals surface area contributed by atoms with Crippen LogP contribution in [0.25, 0.3) is 15.8 Å². The van der Waals surface area contributed by atoms with Crippen LogP contribution in [0, 0.1) is 0 Å². The van der Waals surface area contributed by atoms with Gasteiger partial charge in [0.1, 0.15) is 0 Å². The molecule has 0 bridgehead atoms. The minimum Gasteiger partial charge on any atom is -0.284 e. The summed E-state index contributed by atoms with van der Waals surface area (Å²) in [6.07, 6.45) is 1.80. The number of pyridine rings is 1.